The van der Waals surface area contributed by atoms with Crippen LogP contribution in [0.25, 0.3) is 0 Å². The van der Waals surface area contributed by atoms with E-state index in [1.807, 2.05) is 40.1 Å². The number of aliphatic imine (C=N–C) groups is 1. The number of rotatable bonds is 6. The predicted molar refractivity (Wildman–Crippen MR) is 115 cm³/mol. The normalized spacial score (nSPS) is 14.6. The van der Waals surface area contributed by atoms with Crippen LogP contribution in [0.5, 0.6) is 0 Å². The molecule has 0 saturated carbocycles. The molecule has 1 aliphatic heterocycles. The van der Waals surface area contributed by atoms with E-state index >= 15 is 0 Å². The molecule has 2 aromatic carbocycles. The lowest BCUT2D eigenvalue weighted by Crippen LogP contribution is -2.54. The minimum atomic E-state index is -0.454. The minimum Gasteiger partial charge on any atom is -0.366 e. The van der Waals surface area contributed by atoms with Crippen LogP contribution < -0.4 is 15.5 Å². The van der Waals surface area contributed by atoms with Crippen LogP contribution >= 0.6 is 0 Å². The van der Waals surface area contributed by atoms with Gasteiger partial charge >= 0.3 is 0 Å². The van der Waals surface area contributed by atoms with Crippen LogP contribution in [0.1, 0.15) is 5.56 Å². The zero-order valence-corrected chi connectivity index (χ0v) is 17.1. The maximum Gasteiger partial charge on any atom is 0.239 e. The molecule has 1 heterocycles. The molecule has 1 aliphatic rings. The van der Waals surface area contributed by atoms with E-state index in [9.17, 15) is 13.6 Å². The summed E-state index contributed by atoms with van der Waals surface area (Å²) in [7, 11) is 1.66. The van der Waals surface area contributed by atoms with Gasteiger partial charge in [-0.3, -0.25) is 9.79 Å². The molecule has 3 rings (SSSR count). The Morgan fingerprint density at radius 1 is 1.03 bits per heavy atom. The van der Waals surface area contributed by atoms with Crippen molar-refractivity contribution < 1.29 is 13.6 Å². The molecule has 1 amide bonds. The summed E-state index contributed by atoms with van der Waals surface area (Å²) in [6.45, 7) is 2.94. The monoisotopic (exact) mass is 415 g/mol. The number of hydrogen-bond donors (Lipinski definition) is 2. The van der Waals surface area contributed by atoms with Crippen LogP contribution in [0.3, 0.4) is 0 Å². The summed E-state index contributed by atoms with van der Waals surface area (Å²) < 4.78 is 27.4. The number of benzene rings is 2. The van der Waals surface area contributed by atoms with E-state index in [2.05, 4.69) is 15.6 Å². The van der Waals surface area contributed by atoms with Crippen molar-refractivity contribution in [1.29, 1.82) is 0 Å². The standard InChI is InChI=1S/C22H27F2N5O/c1-25-22(27-16-21(30)26-10-9-17-5-3-2-4-6-17)29-13-11-28(12-14-29)20-15-18(23)7-8-19(20)24/h2-8,15H,9-14,16H2,1H3,(H,25,27)(H,26,30). The lowest BCUT2D eigenvalue weighted by Gasteiger charge is -2.37. The van der Waals surface area contributed by atoms with Gasteiger partial charge in [-0.1, -0.05) is 30.3 Å². The number of carbonyl (C=O) groups is 1. The largest absolute Gasteiger partial charge is 0.366 e. The first-order valence-electron chi connectivity index (χ1n) is 10.0. The number of nitrogens with zero attached hydrogens (tertiary/aromatic N) is 3. The molecular formula is C22H27F2N5O. The maximum atomic E-state index is 14.0. The summed E-state index contributed by atoms with van der Waals surface area (Å²) in [4.78, 5) is 20.2. The van der Waals surface area contributed by atoms with Crippen molar-refractivity contribution in [2.24, 2.45) is 4.99 Å². The molecule has 1 saturated heterocycles. The average Bonchev–Trinajstić information content (AvgIpc) is 2.77. The van der Waals surface area contributed by atoms with E-state index in [1.54, 1.807) is 7.05 Å². The number of guanidine groups is 1. The number of amides is 1. The minimum absolute atomic E-state index is 0.104. The van der Waals surface area contributed by atoms with Gasteiger partial charge < -0.3 is 20.4 Å². The zero-order chi connectivity index (χ0) is 21.3. The van der Waals surface area contributed by atoms with Crippen LogP contribution in [0.2, 0.25) is 0 Å². The lowest BCUT2D eigenvalue weighted by molar-refractivity contribution is -0.120. The van der Waals surface area contributed by atoms with Crippen LogP contribution in [-0.2, 0) is 11.2 Å². The molecular weight excluding hydrogens is 388 g/mol. The van der Waals surface area contributed by atoms with E-state index < -0.39 is 11.6 Å². The van der Waals surface area contributed by atoms with Gasteiger partial charge in [0, 0.05) is 45.8 Å². The van der Waals surface area contributed by atoms with Crippen LogP contribution in [0.15, 0.2) is 53.5 Å². The molecule has 0 radical (unpaired) electrons. The first kappa shape index (κ1) is 21.5. The molecule has 1 fully saturated rings. The fourth-order valence-electron chi connectivity index (χ4n) is 3.43. The number of nitrogens with one attached hydrogen (secondary N) is 2. The Morgan fingerprint density at radius 3 is 2.47 bits per heavy atom. The third kappa shape index (κ3) is 5.92. The summed E-state index contributed by atoms with van der Waals surface area (Å²) in [6.07, 6.45) is 0.778. The Kier molecular flexibility index (Phi) is 7.59. The molecule has 0 bridgehead atoms. The van der Waals surface area contributed by atoms with Gasteiger partial charge in [0.25, 0.3) is 0 Å². The van der Waals surface area contributed by atoms with Crippen molar-refractivity contribution in [2.45, 2.75) is 6.42 Å². The Labute approximate surface area is 175 Å². The van der Waals surface area contributed by atoms with Crippen LogP contribution in [0.4, 0.5) is 14.5 Å². The van der Waals surface area contributed by atoms with Gasteiger partial charge in [0.2, 0.25) is 5.91 Å². The Morgan fingerprint density at radius 2 is 1.77 bits per heavy atom. The van der Waals surface area contributed by atoms with Crippen molar-refractivity contribution in [3.05, 3.63) is 65.7 Å². The summed E-state index contributed by atoms with van der Waals surface area (Å²) in [5.74, 6) is -0.371. The molecule has 2 aromatic rings. The van der Waals surface area contributed by atoms with E-state index in [0.29, 0.717) is 38.7 Å². The Hall–Kier alpha value is -3.16. The van der Waals surface area contributed by atoms with Crippen LogP contribution in [-0.4, -0.2) is 63.1 Å². The fraction of sp³-hybridized carbons (Fsp3) is 0.364. The molecule has 8 heteroatoms. The molecule has 30 heavy (non-hydrogen) atoms. The second-order valence-electron chi connectivity index (χ2n) is 7.06. The summed E-state index contributed by atoms with van der Waals surface area (Å²) in [6, 6.07) is 13.5. The summed E-state index contributed by atoms with van der Waals surface area (Å²) in [5.41, 5.74) is 1.45. The molecule has 2 N–H and O–H groups in total. The van der Waals surface area contributed by atoms with Gasteiger partial charge in [-0.25, -0.2) is 8.78 Å². The highest BCUT2D eigenvalue weighted by Gasteiger charge is 2.22. The first-order chi connectivity index (χ1) is 14.6. The number of hydrogen-bond acceptors (Lipinski definition) is 3. The molecule has 160 valence electrons. The van der Waals surface area contributed by atoms with Crippen molar-refractivity contribution in [3.8, 4) is 0 Å². The first-order valence-corrected chi connectivity index (χ1v) is 10.0. The third-order valence-corrected chi connectivity index (χ3v) is 5.03. The molecule has 0 unspecified atom stereocenters. The quantitative estimate of drug-likeness (QED) is 0.560. The fourth-order valence-corrected chi connectivity index (χ4v) is 3.43. The third-order valence-electron chi connectivity index (χ3n) is 5.03. The van der Waals surface area contributed by atoms with Gasteiger partial charge in [-0.05, 0) is 24.1 Å². The van der Waals surface area contributed by atoms with Crippen molar-refractivity contribution in [1.82, 2.24) is 15.5 Å². The summed E-state index contributed by atoms with van der Waals surface area (Å²) >= 11 is 0. The molecule has 0 aromatic heterocycles. The van der Waals surface area contributed by atoms with Crippen LogP contribution in [0, 0.1) is 11.6 Å². The highest BCUT2D eigenvalue weighted by atomic mass is 19.1. The molecule has 0 atom stereocenters. The highest BCUT2D eigenvalue weighted by Crippen LogP contribution is 2.21. The van der Waals surface area contributed by atoms with Gasteiger partial charge in [-0.2, -0.15) is 0 Å². The van der Waals surface area contributed by atoms with E-state index in [4.69, 9.17) is 0 Å². The molecule has 0 aliphatic carbocycles. The average molecular weight is 415 g/mol. The number of halogens is 2. The SMILES string of the molecule is CN=C(NCC(=O)NCCc1ccccc1)N1CCN(c2cc(F)ccc2F)CC1. The molecule has 6 nitrogen and oxygen atoms in total. The number of carbonyl (C=O) groups excluding carboxylic acids is 1. The highest BCUT2D eigenvalue weighted by molar-refractivity contribution is 5.86. The van der Waals surface area contributed by atoms with Crippen molar-refractivity contribution in [3.63, 3.8) is 0 Å². The van der Waals surface area contributed by atoms with Gasteiger partial charge in [0.05, 0.1) is 12.2 Å². The van der Waals surface area contributed by atoms with Crippen molar-refractivity contribution in [2.75, 3.05) is 51.2 Å². The molecule has 0 spiro atoms. The van der Waals surface area contributed by atoms with Gasteiger partial charge in [-0.15, -0.1) is 0 Å². The zero-order valence-electron chi connectivity index (χ0n) is 17.1. The van der Waals surface area contributed by atoms with Crippen molar-refractivity contribution >= 4 is 17.6 Å². The second kappa shape index (κ2) is 10.6. The maximum absolute atomic E-state index is 14.0. The second-order valence-corrected chi connectivity index (χ2v) is 7.06. The van der Waals surface area contributed by atoms with E-state index in [0.717, 1.165) is 18.6 Å². The predicted octanol–water partition coefficient (Wildman–Crippen LogP) is 2.02. The lowest BCUT2D eigenvalue weighted by atomic mass is 10.1. The van der Waals surface area contributed by atoms with E-state index in [-0.39, 0.29) is 18.1 Å². The van der Waals surface area contributed by atoms with E-state index in [1.165, 1.54) is 11.6 Å². The summed E-state index contributed by atoms with van der Waals surface area (Å²) in [5, 5.41) is 5.97. The topological polar surface area (TPSA) is 60.0 Å². The Balaban J connectivity index is 1.42. The van der Waals surface area contributed by atoms with Gasteiger partial charge in [0.1, 0.15) is 11.6 Å². The smallest absolute Gasteiger partial charge is 0.239 e. The van der Waals surface area contributed by atoms with Gasteiger partial charge in [0.15, 0.2) is 5.96 Å². The number of anilines is 1. The Bertz CT molecular complexity index is 867. The number of piperazine rings is 1.